The lowest BCUT2D eigenvalue weighted by atomic mass is 9.91. The monoisotopic (exact) mass is 726 g/mol. The zero-order valence-electron chi connectivity index (χ0n) is 29.1. The van der Waals surface area contributed by atoms with Gasteiger partial charge in [-0.1, -0.05) is 5.92 Å². The molecule has 0 radical (unpaired) electrons. The first-order chi connectivity index (χ1) is 24.8. The lowest BCUT2D eigenvalue weighted by Gasteiger charge is -2.33. The summed E-state index contributed by atoms with van der Waals surface area (Å²) in [5, 5.41) is 4.52. The summed E-state index contributed by atoms with van der Waals surface area (Å²) >= 11 is 0. The molecule has 0 aliphatic carbocycles. The number of hydrogen-bond acceptors (Lipinski definition) is 9. The number of aromatic nitrogens is 4. The van der Waals surface area contributed by atoms with E-state index in [0.717, 1.165) is 31.1 Å². The van der Waals surface area contributed by atoms with Crippen molar-refractivity contribution in [2.75, 3.05) is 51.0 Å². The maximum Gasteiger partial charge on any atom is 0.418 e. The normalized spacial score (nSPS) is 22.3. The number of anilines is 2. The molecule has 0 saturated carbocycles. The second-order valence-corrected chi connectivity index (χ2v) is 13.9. The van der Waals surface area contributed by atoms with Crippen molar-refractivity contribution >= 4 is 17.4 Å². The summed E-state index contributed by atoms with van der Waals surface area (Å²) in [7, 11) is 3.30. The van der Waals surface area contributed by atoms with Crippen LogP contribution < -0.4 is 15.4 Å². The molecule has 4 aliphatic heterocycles. The molecule has 52 heavy (non-hydrogen) atoms. The lowest BCUT2D eigenvalue weighted by Crippen LogP contribution is -2.43. The number of nitrogen functional groups attached to an aromatic ring is 1. The number of ether oxygens (including phenoxy) is 2. The van der Waals surface area contributed by atoms with Gasteiger partial charge in [-0.3, -0.25) is 14.4 Å². The Balaban J connectivity index is 1.28. The quantitative estimate of drug-likeness (QED) is 0.209. The smallest absolute Gasteiger partial charge is 0.418 e. The van der Waals surface area contributed by atoms with E-state index in [0.29, 0.717) is 73.7 Å². The van der Waals surface area contributed by atoms with Gasteiger partial charge in [-0.2, -0.15) is 28.2 Å². The van der Waals surface area contributed by atoms with Gasteiger partial charge in [-0.15, -0.1) is 5.92 Å². The molecule has 7 rings (SSSR count). The maximum absolute atomic E-state index is 15.7. The summed E-state index contributed by atoms with van der Waals surface area (Å²) in [6.45, 7) is 4.01. The summed E-state index contributed by atoms with van der Waals surface area (Å²) in [5.41, 5.74) is 5.17. The van der Waals surface area contributed by atoms with Crippen LogP contribution in [0.5, 0.6) is 6.01 Å². The van der Waals surface area contributed by atoms with Crippen molar-refractivity contribution in [3.63, 3.8) is 0 Å². The summed E-state index contributed by atoms with van der Waals surface area (Å²) in [5.74, 6) is 3.87. The highest BCUT2D eigenvalue weighted by Gasteiger charge is 2.47. The first-order valence-corrected chi connectivity index (χ1v) is 17.1. The number of hydrogen-bond donors (Lipinski definition) is 1. The predicted octanol–water partition coefficient (Wildman–Crippen LogP) is 5.18. The Labute approximate surface area is 297 Å². The van der Waals surface area contributed by atoms with E-state index in [1.165, 1.54) is 11.8 Å². The van der Waals surface area contributed by atoms with Crippen molar-refractivity contribution in [1.82, 2.24) is 29.5 Å². The highest BCUT2D eigenvalue weighted by atomic mass is 19.4. The molecule has 11 nitrogen and oxygen atoms in total. The Bertz CT molecular complexity index is 2000. The highest BCUT2D eigenvalue weighted by molar-refractivity contribution is 5.92. The number of nitrogens with two attached hydrogens (primary N) is 1. The first kappa shape index (κ1) is 35.6. The van der Waals surface area contributed by atoms with E-state index in [2.05, 4.69) is 21.8 Å². The average molecular weight is 727 g/mol. The van der Waals surface area contributed by atoms with E-state index >= 15 is 4.39 Å². The molecule has 0 spiro atoms. The topological polar surface area (TPSA) is 115 Å². The molecule has 1 amide bonds. The average Bonchev–Trinajstić information content (AvgIpc) is 3.75. The van der Waals surface area contributed by atoms with Gasteiger partial charge in [-0.05, 0) is 56.9 Å². The molecule has 3 aromatic rings. The number of carbonyl (C=O) groups excluding carboxylic acids is 1. The zero-order chi connectivity index (χ0) is 36.9. The van der Waals surface area contributed by atoms with Crippen LogP contribution in [-0.2, 0) is 37.0 Å². The van der Waals surface area contributed by atoms with E-state index < -0.39 is 46.0 Å². The number of amides is 1. The highest BCUT2D eigenvalue weighted by Crippen LogP contribution is 2.45. The minimum Gasteiger partial charge on any atom is -0.461 e. The second kappa shape index (κ2) is 13.7. The molecule has 1 unspecified atom stereocenters. The van der Waals surface area contributed by atoms with Crippen LogP contribution in [0.2, 0.25) is 0 Å². The van der Waals surface area contributed by atoms with Gasteiger partial charge in [0.05, 0.1) is 53.8 Å². The SMILES string of the molecule is CC#Cc1cc(N)c(F)c(C2Cc3nc(OC[C@]45CCCN4C/C(=C/F)C5)nc(N4CCCn5nc(C(=O)N(C)C)cc5C4)c3CO2)c1C(F)(F)F. The van der Waals surface area contributed by atoms with Crippen molar-refractivity contribution in [3.8, 4) is 17.9 Å². The Kier molecular flexibility index (Phi) is 9.37. The minimum absolute atomic E-state index is 0.00355. The van der Waals surface area contributed by atoms with Crippen LogP contribution in [0.25, 0.3) is 0 Å². The fourth-order valence-electron chi connectivity index (χ4n) is 7.91. The molecule has 4 aliphatic rings. The van der Waals surface area contributed by atoms with Gasteiger partial charge in [-0.25, -0.2) is 8.78 Å². The van der Waals surface area contributed by atoms with Gasteiger partial charge in [0.25, 0.3) is 5.91 Å². The van der Waals surface area contributed by atoms with Crippen LogP contribution in [0.15, 0.2) is 24.0 Å². The van der Waals surface area contributed by atoms with E-state index in [9.17, 15) is 22.4 Å². The van der Waals surface area contributed by atoms with Crippen molar-refractivity contribution in [2.24, 2.45) is 0 Å². The van der Waals surface area contributed by atoms with Gasteiger partial charge in [0.2, 0.25) is 0 Å². The van der Waals surface area contributed by atoms with Crippen LogP contribution >= 0.6 is 0 Å². The van der Waals surface area contributed by atoms with E-state index in [4.69, 9.17) is 25.2 Å². The summed E-state index contributed by atoms with van der Waals surface area (Å²) < 4.78 is 87.2. The van der Waals surface area contributed by atoms with Gasteiger partial charge in [0.1, 0.15) is 12.4 Å². The molecule has 2 fully saturated rings. The second-order valence-electron chi connectivity index (χ2n) is 13.9. The van der Waals surface area contributed by atoms with Crippen LogP contribution in [0.4, 0.5) is 33.5 Å². The molecule has 2 N–H and O–H groups in total. The molecular formula is C36H39F5N8O3. The summed E-state index contributed by atoms with van der Waals surface area (Å²) in [6, 6.07) is 2.62. The number of benzene rings is 1. The summed E-state index contributed by atoms with van der Waals surface area (Å²) in [6.07, 6.45) is -3.08. The molecular weight excluding hydrogens is 687 g/mol. The molecule has 6 heterocycles. The van der Waals surface area contributed by atoms with Gasteiger partial charge in [0, 0.05) is 56.8 Å². The third kappa shape index (κ3) is 6.44. The van der Waals surface area contributed by atoms with Crippen LogP contribution in [-0.4, -0.2) is 81.3 Å². The number of aryl methyl sites for hydroxylation is 1. The first-order valence-electron chi connectivity index (χ1n) is 17.1. The minimum atomic E-state index is -4.96. The Hall–Kier alpha value is -4.75. The van der Waals surface area contributed by atoms with E-state index in [1.54, 1.807) is 24.8 Å². The fourth-order valence-corrected chi connectivity index (χ4v) is 7.91. The van der Waals surface area contributed by atoms with Crippen LogP contribution in [0.1, 0.15) is 82.8 Å². The number of nitrogens with zero attached hydrogens (tertiary/aromatic N) is 7. The Morgan fingerprint density at radius 1 is 1.19 bits per heavy atom. The fraction of sp³-hybridized carbons (Fsp3) is 0.500. The molecule has 16 heteroatoms. The van der Waals surface area contributed by atoms with Crippen molar-refractivity contribution in [2.45, 2.75) is 76.5 Å². The Morgan fingerprint density at radius 2 is 2.00 bits per heavy atom. The number of alkyl halides is 3. The van der Waals surface area contributed by atoms with Crippen molar-refractivity contribution in [1.29, 1.82) is 0 Å². The van der Waals surface area contributed by atoms with Gasteiger partial charge in [0.15, 0.2) is 11.5 Å². The molecule has 2 aromatic heterocycles. The van der Waals surface area contributed by atoms with Gasteiger partial charge >= 0.3 is 12.2 Å². The molecule has 2 saturated heterocycles. The number of halogens is 5. The van der Waals surface area contributed by atoms with Crippen LogP contribution in [0.3, 0.4) is 0 Å². The number of carbonyl (C=O) groups is 1. The third-order valence-corrected chi connectivity index (χ3v) is 10.3. The van der Waals surface area contributed by atoms with Crippen LogP contribution in [0, 0.1) is 17.7 Å². The largest absolute Gasteiger partial charge is 0.461 e. The molecule has 0 bridgehead atoms. The number of rotatable bonds is 6. The standard InChI is InChI=1S/C36H39F5N8O3/c1-4-7-22-12-25(42)31(38)29(30(22)36(39,40)41)28-14-26-24(19-51-28)32(47-9-6-11-49-23(18-47)13-27(45-49)33(50)46(2)3)44-34(43-26)52-20-35-8-5-10-48(35)17-21(15-35)16-37/h12-13,16,28H,5-6,8-11,14-15,17-20,42H2,1-3H3/b21-16+/t28?,35-/m1/s1. The van der Waals surface area contributed by atoms with Crippen molar-refractivity contribution < 1.29 is 36.2 Å². The van der Waals surface area contributed by atoms with Crippen molar-refractivity contribution in [3.05, 3.63) is 69.2 Å². The Morgan fingerprint density at radius 3 is 2.73 bits per heavy atom. The predicted molar refractivity (Wildman–Crippen MR) is 180 cm³/mol. The maximum atomic E-state index is 15.7. The van der Waals surface area contributed by atoms with E-state index in [-0.39, 0.29) is 31.6 Å². The molecule has 1 aromatic carbocycles. The third-order valence-electron chi connectivity index (χ3n) is 10.3. The van der Waals surface area contributed by atoms with E-state index in [1.807, 2.05) is 4.90 Å². The lowest BCUT2D eigenvalue weighted by molar-refractivity contribution is -0.140. The molecule has 2 atom stereocenters. The summed E-state index contributed by atoms with van der Waals surface area (Å²) in [4.78, 5) is 27.9. The zero-order valence-corrected chi connectivity index (χ0v) is 29.1. The van der Waals surface area contributed by atoms with Gasteiger partial charge < -0.3 is 25.0 Å². The molecule has 276 valence electrons. The number of fused-ring (bicyclic) bond motifs is 3.